The molecule has 2 N–H and O–H groups in total. The number of pyridine rings is 1. The van der Waals surface area contributed by atoms with E-state index in [1.54, 1.807) is 17.5 Å². The number of aliphatic hydroxyl groups is 1. The zero-order valence-corrected chi connectivity index (χ0v) is 12.7. The quantitative estimate of drug-likeness (QED) is 0.823. The van der Waals surface area contributed by atoms with Gasteiger partial charge in [0, 0.05) is 30.4 Å². The third kappa shape index (κ3) is 4.67. The molecule has 2 rings (SSSR count). The third-order valence-corrected chi connectivity index (χ3v) is 3.88. The summed E-state index contributed by atoms with van der Waals surface area (Å²) in [5, 5.41) is 14.0. The standard InChI is InChI=1S/C15H21N3OS/c1-11(2)7-12(19)8-16-9-13-10-18-15(20-13)14-5-3-4-6-17-14/h3-6,10-12,16,19H,7-9H2,1-2H3. The Balaban J connectivity index is 1.82. The number of thiazole rings is 1. The van der Waals surface area contributed by atoms with E-state index < -0.39 is 0 Å². The highest BCUT2D eigenvalue weighted by atomic mass is 32.1. The van der Waals surface area contributed by atoms with Crippen molar-refractivity contribution in [1.82, 2.24) is 15.3 Å². The van der Waals surface area contributed by atoms with Gasteiger partial charge in [0.1, 0.15) is 5.01 Å². The molecule has 0 radical (unpaired) electrons. The van der Waals surface area contributed by atoms with Crippen LogP contribution in [0.2, 0.25) is 0 Å². The molecule has 0 saturated heterocycles. The molecule has 2 aromatic rings. The molecule has 1 atom stereocenters. The van der Waals surface area contributed by atoms with Gasteiger partial charge in [0.15, 0.2) is 0 Å². The maximum absolute atomic E-state index is 9.80. The molecule has 0 fully saturated rings. The molecule has 108 valence electrons. The summed E-state index contributed by atoms with van der Waals surface area (Å²) in [6.07, 6.45) is 4.20. The first-order valence-electron chi connectivity index (χ1n) is 6.90. The van der Waals surface area contributed by atoms with Crippen LogP contribution in [-0.4, -0.2) is 27.7 Å². The number of nitrogens with zero attached hydrogens (tertiary/aromatic N) is 2. The van der Waals surface area contributed by atoms with Gasteiger partial charge >= 0.3 is 0 Å². The van der Waals surface area contributed by atoms with Crippen LogP contribution in [0.5, 0.6) is 0 Å². The van der Waals surface area contributed by atoms with Crippen LogP contribution in [0.25, 0.3) is 10.7 Å². The van der Waals surface area contributed by atoms with E-state index in [2.05, 4.69) is 29.1 Å². The number of aliphatic hydroxyl groups excluding tert-OH is 1. The van der Waals surface area contributed by atoms with E-state index in [4.69, 9.17) is 0 Å². The SMILES string of the molecule is CC(C)CC(O)CNCc1cnc(-c2ccccn2)s1. The number of aromatic nitrogens is 2. The second kappa shape index (κ2) is 7.47. The Labute approximate surface area is 123 Å². The van der Waals surface area contributed by atoms with Crippen LogP contribution in [-0.2, 0) is 6.54 Å². The first-order chi connectivity index (χ1) is 9.65. The second-order valence-electron chi connectivity index (χ2n) is 5.26. The summed E-state index contributed by atoms with van der Waals surface area (Å²) in [4.78, 5) is 9.83. The topological polar surface area (TPSA) is 58.0 Å². The van der Waals surface area contributed by atoms with E-state index in [9.17, 15) is 5.11 Å². The van der Waals surface area contributed by atoms with Gasteiger partial charge in [-0.05, 0) is 24.5 Å². The molecule has 0 aromatic carbocycles. The molecule has 1 unspecified atom stereocenters. The van der Waals surface area contributed by atoms with Gasteiger partial charge in [0.25, 0.3) is 0 Å². The number of rotatable bonds is 7. The summed E-state index contributed by atoms with van der Waals surface area (Å²) in [6.45, 7) is 5.59. The molecule has 0 amide bonds. The fraction of sp³-hybridized carbons (Fsp3) is 0.467. The monoisotopic (exact) mass is 291 g/mol. The smallest absolute Gasteiger partial charge is 0.142 e. The minimum atomic E-state index is -0.279. The van der Waals surface area contributed by atoms with E-state index in [1.165, 1.54) is 0 Å². The Kier molecular flexibility index (Phi) is 5.64. The zero-order chi connectivity index (χ0) is 14.4. The van der Waals surface area contributed by atoms with Crippen molar-refractivity contribution in [2.24, 2.45) is 5.92 Å². The average Bonchev–Trinajstić information content (AvgIpc) is 2.88. The first kappa shape index (κ1) is 15.1. The highest BCUT2D eigenvalue weighted by molar-refractivity contribution is 7.14. The van der Waals surface area contributed by atoms with Crippen LogP contribution in [0.15, 0.2) is 30.6 Å². The Hall–Kier alpha value is -1.30. The van der Waals surface area contributed by atoms with Crippen molar-refractivity contribution in [3.63, 3.8) is 0 Å². The van der Waals surface area contributed by atoms with Gasteiger partial charge in [0.05, 0.1) is 11.8 Å². The summed E-state index contributed by atoms with van der Waals surface area (Å²) >= 11 is 1.63. The maximum Gasteiger partial charge on any atom is 0.142 e. The summed E-state index contributed by atoms with van der Waals surface area (Å²) in [6, 6.07) is 5.82. The lowest BCUT2D eigenvalue weighted by Gasteiger charge is -2.13. The lowest BCUT2D eigenvalue weighted by molar-refractivity contribution is 0.146. The molecule has 0 aliphatic carbocycles. The Morgan fingerprint density at radius 1 is 1.30 bits per heavy atom. The molecule has 4 nitrogen and oxygen atoms in total. The van der Waals surface area contributed by atoms with Crippen LogP contribution < -0.4 is 5.32 Å². The Morgan fingerprint density at radius 3 is 2.85 bits per heavy atom. The molecule has 2 aromatic heterocycles. The van der Waals surface area contributed by atoms with Gasteiger partial charge in [-0.1, -0.05) is 19.9 Å². The molecule has 2 heterocycles. The van der Waals surface area contributed by atoms with E-state index in [0.29, 0.717) is 12.5 Å². The fourth-order valence-electron chi connectivity index (χ4n) is 1.99. The Bertz CT molecular complexity index is 513. The fourth-order valence-corrected chi connectivity index (χ4v) is 2.85. The van der Waals surface area contributed by atoms with Gasteiger partial charge in [-0.2, -0.15) is 0 Å². The van der Waals surface area contributed by atoms with Crippen LogP contribution in [0, 0.1) is 5.92 Å². The number of hydrogen-bond acceptors (Lipinski definition) is 5. The van der Waals surface area contributed by atoms with Crippen molar-refractivity contribution >= 4 is 11.3 Å². The van der Waals surface area contributed by atoms with E-state index in [1.807, 2.05) is 24.4 Å². The van der Waals surface area contributed by atoms with E-state index >= 15 is 0 Å². The van der Waals surface area contributed by atoms with Crippen LogP contribution in [0.4, 0.5) is 0 Å². The molecule has 0 saturated carbocycles. The van der Waals surface area contributed by atoms with Gasteiger partial charge in [-0.3, -0.25) is 4.98 Å². The Morgan fingerprint density at radius 2 is 2.15 bits per heavy atom. The van der Waals surface area contributed by atoms with Crippen molar-refractivity contribution in [2.75, 3.05) is 6.54 Å². The summed E-state index contributed by atoms with van der Waals surface area (Å²) in [7, 11) is 0. The van der Waals surface area contributed by atoms with Crippen molar-refractivity contribution in [3.8, 4) is 10.7 Å². The van der Waals surface area contributed by atoms with Gasteiger partial charge in [-0.15, -0.1) is 11.3 Å². The normalized spacial score (nSPS) is 12.8. The van der Waals surface area contributed by atoms with Crippen LogP contribution in [0.1, 0.15) is 25.1 Å². The highest BCUT2D eigenvalue weighted by Crippen LogP contribution is 2.22. The predicted octanol–water partition coefficient (Wildman–Crippen LogP) is 2.70. The molecular weight excluding hydrogens is 270 g/mol. The molecule has 0 spiro atoms. The highest BCUT2D eigenvalue weighted by Gasteiger charge is 2.08. The lowest BCUT2D eigenvalue weighted by Crippen LogP contribution is -2.27. The van der Waals surface area contributed by atoms with Crippen LogP contribution in [0.3, 0.4) is 0 Å². The van der Waals surface area contributed by atoms with Crippen molar-refractivity contribution < 1.29 is 5.11 Å². The van der Waals surface area contributed by atoms with Gasteiger partial charge in [0.2, 0.25) is 0 Å². The van der Waals surface area contributed by atoms with E-state index in [0.717, 1.165) is 28.5 Å². The summed E-state index contributed by atoms with van der Waals surface area (Å²) < 4.78 is 0. The van der Waals surface area contributed by atoms with Crippen LogP contribution >= 0.6 is 11.3 Å². The van der Waals surface area contributed by atoms with Crippen molar-refractivity contribution in [1.29, 1.82) is 0 Å². The zero-order valence-electron chi connectivity index (χ0n) is 11.9. The lowest BCUT2D eigenvalue weighted by atomic mass is 10.1. The molecule has 20 heavy (non-hydrogen) atoms. The van der Waals surface area contributed by atoms with Crippen molar-refractivity contribution in [2.45, 2.75) is 32.9 Å². The number of hydrogen-bond donors (Lipinski definition) is 2. The molecular formula is C15H21N3OS. The largest absolute Gasteiger partial charge is 0.392 e. The molecule has 0 aliphatic heterocycles. The first-order valence-corrected chi connectivity index (χ1v) is 7.71. The average molecular weight is 291 g/mol. The predicted molar refractivity (Wildman–Crippen MR) is 82.5 cm³/mol. The number of nitrogens with one attached hydrogen (secondary N) is 1. The molecule has 0 aliphatic rings. The maximum atomic E-state index is 9.80. The van der Waals surface area contributed by atoms with Gasteiger partial charge in [-0.25, -0.2) is 4.98 Å². The third-order valence-electron chi connectivity index (χ3n) is 2.86. The molecule has 0 bridgehead atoms. The molecule has 5 heteroatoms. The van der Waals surface area contributed by atoms with E-state index in [-0.39, 0.29) is 6.10 Å². The minimum Gasteiger partial charge on any atom is -0.392 e. The summed E-state index contributed by atoms with van der Waals surface area (Å²) in [5.74, 6) is 0.519. The second-order valence-corrected chi connectivity index (χ2v) is 6.38. The van der Waals surface area contributed by atoms with Gasteiger partial charge < -0.3 is 10.4 Å². The summed E-state index contributed by atoms with van der Waals surface area (Å²) in [5.41, 5.74) is 0.906. The minimum absolute atomic E-state index is 0.279. The van der Waals surface area contributed by atoms with Crippen molar-refractivity contribution in [3.05, 3.63) is 35.5 Å².